The van der Waals surface area contributed by atoms with Crippen molar-refractivity contribution in [3.05, 3.63) is 176 Å². The number of para-hydroxylation sites is 2. The molecule has 0 aliphatic carbocycles. The molecule has 2 nitrogen and oxygen atoms in total. The van der Waals surface area contributed by atoms with E-state index in [1.54, 1.807) is 0 Å². The summed E-state index contributed by atoms with van der Waals surface area (Å²) in [5, 5.41) is 4.86. The number of benzene rings is 8. The fourth-order valence-corrected chi connectivity index (χ4v) is 6.94. The molecule has 216 valence electrons. The Labute approximate surface area is 268 Å². The quantitative estimate of drug-likeness (QED) is 0.199. The molecular weight excluding hydrogens is 558 g/mol. The van der Waals surface area contributed by atoms with Gasteiger partial charge in [-0.25, -0.2) is 0 Å². The summed E-state index contributed by atoms with van der Waals surface area (Å²) in [6.07, 6.45) is 0. The van der Waals surface area contributed by atoms with Crippen LogP contribution in [0.3, 0.4) is 0 Å². The van der Waals surface area contributed by atoms with E-state index in [1.807, 2.05) is 12.1 Å². The Hall–Kier alpha value is -6.12. The molecule has 2 heteroatoms. The molecule has 1 heterocycles. The molecule has 0 spiro atoms. The highest BCUT2D eigenvalue weighted by Gasteiger charge is 2.21. The molecule has 0 amide bonds. The van der Waals surface area contributed by atoms with Gasteiger partial charge in [-0.15, -0.1) is 0 Å². The van der Waals surface area contributed by atoms with Crippen LogP contribution in [0.1, 0.15) is 0 Å². The Kier molecular flexibility index (Phi) is 6.17. The smallest absolute Gasteiger partial charge is 0.135 e. The minimum Gasteiger partial charge on any atom is -0.456 e. The van der Waals surface area contributed by atoms with Crippen LogP contribution in [-0.4, -0.2) is 0 Å². The highest BCUT2D eigenvalue weighted by molar-refractivity contribution is 6.10. The minimum absolute atomic E-state index is 0.904. The van der Waals surface area contributed by atoms with Gasteiger partial charge >= 0.3 is 0 Å². The van der Waals surface area contributed by atoms with E-state index >= 15 is 0 Å². The van der Waals surface area contributed by atoms with E-state index in [2.05, 4.69) is 169 Å². The van der Waals surface area contributed by atoms with Crippen molar-refractivity contribution in [2.75, 3.05) is 4.90 Å². The van der Waals surface area contributed by atoms with Gasteiger partial charge in [0.15, 0.2) is 0 Å². The molecule has 0 N–H and O–H groups in total. The first-order valence-electron chi connectivity index (χ1n) is 15.7. The second-order valence-corrected chi connectivity index (χ2v) is 11.7. The van der Waals surface area contributed by atoms with Gasteiger partial charge in [0, 0.05) is 28.0 Å². The van der Waals surface area contributed by atoms with Gasteiger partial charge in [0.05, 0.1) is 0 Å². The van der Waals surface area contributed by atoms with E-state index in [4.69, 9.17) is 4.74 Å². The monoisotopic (exact) mass is 587 g/mol. The van der Waals surface area contributed by atoms with E-state index in [1.165, 1.54) is 38.4 Å². The molecule has 0 aromatic heterocycles. The van der Waals surface area contributed by atoms with Crippen LogP contribution in [-0.2, 0) is 0 Å². The Morgan fingerprint density at radius 3 is 1.89 bits per heavy atom. The molecule has 0 fully saturated rings. The van der Waals surface area contributed by atoms with E-state index in [0.29, 0.717) is 0 Å². The molecule has 9 rings (SSSR count). The van der Waals surface area contributed by atoms with Crippen molar-refractivity contribution in [1.29, 1.82) is 0 Å². The average Bonchev–Trinajstić information content (AvgIpc) is 3.13. The highest BCUT2D eigenvalue weighted by Crippen LogP contribution is 2.49. The van der Waals surface area contributed by atoms with E-state index in [9.17, 15) is 0 Å². The first kappa shape index (κ1) is 26.3. The normalized spacial score (nSPS) is 11.7. The van der Waals surface area contributed by atoms with Crippen LogP contribution < -0.4 is 9.64 Å². The zero-order valence-corrected chi connectivity index (χ0v) is 25.1. The van der Waals surface area contributed by atoms with Gasteiger partial charge in [-0.1, -0.05) is 127 Å². The number of rotatable bonds is 5. The standard InChI is InChI=1S/C44H29NO/c1-2-14-33(15-3-1)45(34-25-23-31(24-26-34)37-19-9-12-30-11-4-5-17-36(30)37)35-16-8-13-32(29-35)38-27-28-43-44-40(38)20-10-21-41(44)39-18-6-7-22-42(39)46-43/h1-29H. The third-order valence-corrected chi connectivity index (χ3v) is 9.06. The molecule has 8 aromatic carbocycles. The predicted molar refractivity (Wildman–Crippen MR) is 193 cm³/mol. The molecule has 0 saturated carbocycles. The number of nitrogens with zero attached hydrogens (tertiary/aromatic N) is 1. The number of fused-ring (bicyclic) bond motifs is 3. The minimum atomic E-state index is 0.904. The third kappa shape index (κ3) is 4.35. The maximum absolute atomic E-state index is 6.37. The van der Waals surface area contributed by atoms with Gasteiger partial charge in [-0.2, -0.15) is 0 Å². The Balaban J connectivity index is 1.16. The molecule has 0 saturated heterocycles. The molecule has 0 atom stereocenters. The van der Waals surface area contributed by atoms with Crippen LogP contribution in [0.25, 0.3) is 54.9 Å². The van der Waals surface area contributed by atoms with Crippen LogP contribution in [0, 0.1) is 0 Å². The van der Waals surface area contributed by atoms with Gasteiger partial charge in [-0.05, 0) is 92.5 Å². The van der Waals surface area contributed by atoms with Crippen LogP contribution >= 0.6 is 0 Å². The summed E-state index contributed by atoms with van der Waals surface area (Å²) in [4.78, 5) is 2.33. The lowest BCUT2D eigenvalue weighted by molar-refractivity contribution is 0.487. The van der Waals surface area contributed by atoms with Crippen molar-refractivity contribution >= 4 is 38.6 Å². The lowest BCUT2D eigenvalue weighted by Gasteiger charge is -2.26. The zero-order chi connectivity index (χ0) is 30.5. The third-order valence-electron chi connectivity index (χ3n) is 9.06. The van der Waals surface area contributed by atoms with Gasteiger partial charge in [0.2, 0.25) is 0 Å². The van der Waals surface area contributed by atoms with Crippen molar-refractivity contribution in [2.24, 2.45) is 0 Å². The summed E-state index contributed by atoms with van der Waals surface area (Å²) in [5.74, 6) is 1.81. The first-order valence-corrected chi connectivity index (χ1v) is 15.7. The lowest BCUT2D eigenvalue weighted by atomic mass is 9.90. The summed E-state index contributed by atoms with van der Waals surface area (Å²) >= 11 is 0. The summed E-state index contributed by atoms with van der Waals surface area (Å²) in [6.45, 7) is 0. The molecule has 1 aliphatic rings. The first-order chi connectivity index (χ1) is 22.8. The van der Waals surface area contributed by atoms with Crippen LogP contribution in [0.2, 0.25) is 0 Å². The Bertz CT molecular complexity index is 2390. The van der Waals surface area contributed by atoms with Crippen molar-refractivity contribution in [3.63, 3.8) is 0 Å². The van der Waals surface area contributed by atoms with E-state index < -0.39 is 0 Å². The largest absolute Gasteiger partial charge is 0.456 e. The maximum Gasteiger partial charge on any atom is 0.135 e. The predicted octanol–water partition coefficient (Wildman–Crippen LogP) is 12.6. The Morgan fingerprint density at radius 2 is 0.978 bits per heavy atom. The van der Waals surface area contributed by atoms with E-state index in [0.717, 1.165) is 45.1 Å². The van der Waals surface area contributed by atoms with Gasteiger partial charge < -0.3 is 9.64 Å². The number of ether oxygens (including phenoxy) is 1. The summed E-state index contributed by atoms with van der Waals surface area (Å²) < 4.78 is 6.37. The van der Waals surface area contributed by atoms with Gasteiger partial charge in [-0.3, -0.25) is 0 Å². The van der Waals surface area contributed by atoms with Crippen LogP contribution in [0.4, 0.5) is 17.1 Å². The molecule has 0 bridgehead atoms. The highest BCUT2D eigenvalue weighted by atomic mass is 16.5. The number of hydrogen-bond acceptors (Lipinski definition) is 2. The lowest BCUT2D eigenvalue weighted by Crippen LogP contribution is -2.09. The summed E-state index contributed by atoms with van der Waals surface area (Å²) in [5.41, 5.74) is 10.5. The molecule has 8 aromatic rings. The molecule has 1 aliphatic heterocycles. The molecule has 0 unspecified atom stereocenters. The van der Waals surface area contributed by atoms with Crippen LogP contribution in [0.15, 0.2) is 176 Å². The second kappa shape index (κ2) is 10.8. The van der Waals surface area contributed by atoms with Crippen LogP contribution in [0.5, 0.6) is 11.5 Å². The van der Waals surface area contributed by atoms with Crippen molar-refractivity contribution in [1.82, 2.24) is 0 Å². The fourth-order valence-electron chi connectivity index (χ4n) is 6.94. The summed E-state index contributed by atoms with van der Waals surface area (Å²) in [7, 11) is 0. The maximum atomic E-state index is 6.37. The van der Waals surface area contributed by atoms with Gasteiger partial charge in [0.25, 0.3) is 0 Å². The van der Waals surface area contributed by atoms with Crippen molar-refractivity contribution < 1.29 is 4.74 Å². The van der Waals surface area contributed by atoms with Crippen molar-refractivity contribution in [3.8, 4) is 44.9 Å². The second-order valence-electron chi connectivity index (χ2n) is 11.7. The topological polar surface area (TPSA) is 12.5 Å². The molecular formula is C44H29NO. The number of anilines is 3. The molecule has 0 radical (unpaired) electrons. The SMILES string of the molecule is c1ccc(N(c2ccc(-c3cccc4ccccc34)cc2)c2cccc(-c3ccc4c5c(cccc35)-c3ccccc3O4)c2)cc1. The zero-order valence-electron chi connectivity index (χ0n) is 25.1. The summed E-state index contributed by atoms with van der Waals surface area (Å²) in [6, 6.07) is 62.7. The van der Waals surface area contributed by atoms with E-state index in [-0.39, 0.29) is 0 Å². The number of hydrogen-bond donors (Lipinski definition) is 0. The molecule has 46 heavy (non-hydrogen) atoms. The van der Waals surface area contributed by atoms with Gasteiger partial charge in [0.1, 0.15) is 11.5 Å². The fraction of sp³-hybridized carbons (Fsp3) is 0. The average molecular weight is 588 g/mol. The van der Waals surface area contributed by atoms with Crippen molar-refractivity contribution in [2.45, 2.75) is 0 Å². The Morgan fingerprint density at radius 1 is 0.348 bits per heavy atom.